The number of fused-ring (bicyclic) bond motifs is 2. The lowest BCUT2D eigenvalue weighted by molar-refractivity contribution is 0.122. The summed E-state index contributed by atoms with van der Waals surface area (Å²) in [5, 5.41) is 0.679. The third-order valence-corrected chi connectivity index (χ3v) is 8.94. The van der Waals surface area contributed by atoms with Gasteiger partial charge in [0.1, 0.15) is 22.9 Å². The SMILES string of the molecule is CCCS(=O)(=O)Nc1cccc(-c2cc(OC)c3nc(-n4c(CC)nc5ccccc54)nc(N4CCOCC4)c3c2)c1F. The number of aryl methyl sites for hydroxylation is 1. The lowest BCUT2D eigenvalue weighted by atomic mass is 10.0. The second kappa shape index (κ2) is 11.8. The van der Waals surface area contributed by atoms with Crippen molar-refractivity contribution in [3.63, 3.8) is 0 Å². The van der Waals surface area contributed by atoms with Gasteiger partial charge in [0.05, 0.1) is 42.8 Å². The molecule has 12 heteroatoms. The summed E-state index contributed by atoms with van der Waals surface area (Å²) >= 11 is 0. The van der Waals surface area contributed by atoms with Crippen LogP contribution in [0.2, 0.25) is 0 Å². The van der Waals surface area contributed by atoms with Gasteiger partial charge in [-0.1, -0.05) is 38.1 Å². The van der Waals surface area contributed by atoms with E-state index in [1.165, 1.54) is 6.07 Å². The summed E-state index contributed by atoms with van der Waals surface area (Å²) < 4.78 is 56.5. The number of imidazole rings is 1. The molecule has 6 rings (SSSR count). The number of sulfonamides is 1. The van der Waals surface area contributed by atoms with Gasteiger partial charge in [-0.3, -0.25) is 9.29 Å². The Balaban J connectivity index is 1.57. The molecule has 2 aromatic heterocycles. The highest BCUT2D eigenvalue weighted by atomic mass is 32.2. The zero-order valence-electron chi connectivity index (χ0n) is 24.3. The number of rotatable bonds is 9. The number of morpholine rings is 1. The largest absolute Gasteiger partial charge is 0.494 e. The maximum atomic E-state index is 15.9. The van der Waals surface area contributed by atoms with E-state index in [9.17, 15) is 8.42 Å². The summed E-state index contributed by atoms with van der Waals surface area (Å²) in [4.78, 5) is 17.0. The summed E-state index contributed by atoms with van der Waals surface area (Å²) in [5.41, 5.74) is 2.94. The molecule has 0 bridgehead atoms. The van der Waals surface area contributed by atoms with Crippen molar-refractivity contribution in [3.05, 3.63) is 66.2 Å². The molecule has 5 aromatic rings. The molecule has 0 aliphatic carbocycles. The van der Waals surface area contributed by atoms with E-state index in [-0.39, 0.29) is 17.0 Å². The normalized spacial score (nSPS) is 14.0. The van der Waals surface area contributed by atoms with E-state index in [0.29, 0.717) is 73.1 Å². The van der Waals surface area contributed by atoms with Crippen LogP contribution in [0.25, 0.3) is 39.0 Å². The topological polar surface area (TPSA) is 111 Å². The minimum atomic E-state index is -3.68. The first-order chi connectivity index (χ1) is 20.8. The molecule has 3 heterocycles. The van der Waals surface area contributed by atoms with Crippen LogP contribution in [-0.2, 0) is 21.2 Å². The number of hydrogen-bond acceptors (Lipinski definition) is 8. The number of nitrogens with zero attached hydrogens (tertiary/aromatic N) is 5. The molecular formula is C31H33FN6O4S. The van der Waals surface area contributed by atoms with E-state index in [1.807, 2.05) is 41.8 Å². The summed E-state index contributed by atoms with van der Waals surface area (Å²) in [6, 6.07) is 16.1. The fourth-order valence-corrected chi connectivity index (χ4v) is 6.59. The maximum Gasteiger partial charge on any atom is 0.238 e. The van der Waals surface area contributed by atoms with Gasteiger partial charge < -0.3 is 14.4 Å². The Kier molecular flexibility index (Phi) is 7.89. The molecule has 0 radical (unpaired) electrons. The number of aromatic nitrogens is 4. The Labute approximate surface area is 249 Å². The highest BCUT2D eigenvalue weighted by Gasteiger charge is 2.24. The van der Waals surface area contributed by atoms with Crippen LogP contribution in [0.3, 0.4) is 0 Å². The average Bonchev–Trinajstić information content (AvgIpc) is 3.40. The van der Waals surface area contributed by atoms with Crippen LogP contribution in [0.15, 0.2) is 54.6 Å². The first kappa shape index (κ1) is 28.8. The molecule has 43 heavy (non-hydrogen) atoms. The van der Waals surface area contributed by atoms with E-state index < -0.39 is 15.8 Å². The molecule has 1 aliphatic heterocycles. The van der Waals surface area contributed by atoms with Gasteiger partial charge in [-0.05, 0) is 42.3 Å². The number of para-hydroxylation sites is 2. The number of anilines is 2. The minimum absolute atomic E-state index is 0.102. The Hall–Kier alpha value is -4.29. The Morgan fingerprint density at radius 2 is 1.81 bits per heavy atom. The molecule has 3 aromatic carbocycles. The molecule has 224 valence electrons. The average molecular weight is 605 g/mol. The second-order valence-corrected chi connectivity index (χ2v) is 12.2. The highest BCUT2D eigenvalue weighted by Crippen LogP contribution is 2.39. The van der Waals surface area contributed by atoms with Gasteiger partial charge in [-0.15, -0.1) is 0 Å². The monoisotopic (exact) mass is 604 g/mol. The summed E-state index contributed by atoms with van der Waals surface area (Å²) in [6.45, 7) is 6.12. The Bertz CT molecular complexity index is 1920. The molecule has 0 amide bonds. The van der Waals surface area contributed by atoms with E-state index in [0.717, 1.165) is 16.9 Å². The van der Waals surface area contributed by atoms with Crippen LogP contribution in [0, 0.1) is 5.82 Å². The van der Waals surface area contributed by atoms with Crippen LogP contribution < -0.4 is 14.4 Å². The van der Waals surface area contributed by atoms with Gasteiger partial charge in [0.2, 0.25) is 16.0 Å². The van der Waals surface area contributed by atoms with Crippen LogP contribution in [0.1, 0.15) is 26.1 Å². The van der Waals surface area contributed by atoms with Crippen LogP contribution >= 0.6 is 0 Å². The molecule has 0 saturated carbocycles. The minimum Gasteiger partial charge on any atom is -0.494 e. The van der Waals surface area contributed by atoms with Gasteiger partial charge in [0.25, 0.3) is 0 Å². The van der Waals surface area contributed by atoms with Crippen LogP contribution in [-0.4, -0.2) is 67.1 Å². The maximum absolute atomic E-state index is 15.9. The first-order valence-corrected chi connectivity index (χ1v) is 16.0. The second-order valence-electron chi connectivity index (χ2n) is 10.3. The van der Waals surface area contributed by atoms with Crippen molar-refractivity contribution in [2.24, 2.45) is 0 Å². The summed E-state index contributed by atoms with van der Waals surface area (Å²) in [6.07, 6.45) is 1.09. The van der Waals surface area contributed by atoms with Gasteiger partial charge >= 0.3 is 0 Å². The molecular weight excluding hydrogens is 571 g/mol. The third-order valence-electron chi connectivity index (χ3n) is 7.46. The third kappa shape index (κ3) is 5.48. The number of benzene rings is 3. The van der Waals surface area contributed by atoms with Crippen molar-refractivity contribution in [2.75, 3.05) is 48.8 Å². The lowest BCUT2D eigenvalue weighted by Gasteiger charge is -2.29. The quantitative estimate of drug-likeness (QED) is 0.240. The predicted molar refractivity (Wildman–Crippen MR) is 166 cm³/mol. The van der Waals surface area contributed by atoms with Gasteiger partial charge in [-0.25, -0.2) is 22.8 Å². The summed E-state index contributed by atoms with van der Waals surface area (Å²) in [7, 11) is -2.14. The van der Waals surface area contributed by atoms with Crippen molar-refractivity contribution in [3.8, 4) is 22.8 Å². The molecule has 1 aliphatic rings. The molecule has 0 unspecified atom stereocenters. The first-order valence-electron chi connectivity index (χ1n) is 14.3. The zero-order valence-corrected chi connectivity index (χ0v) is 25.1. The van der Waals surface area contributed by atoms with Gasteiger partial charge in [-0.2, -0.15) is 4.98 Å². The highest BCUT2D eigenvalue weighted by molar-refractivity contribution is 7.92. The van der Waals surface area contributed by atoms with E-state index in [1.54, 1.807) is 32.2 Å². The molecule has 1 fully saturated rings. The molecule has 1 saturated heterocycles. The van der Waals surface area contributed by atoms with Gasteiger partial charge in [0.15, 0.2) is 5.82 Å². The van der Waals surface area contributed by atoms with Crippen LogP contribution in [0.4, 0.5) is 15.9 Å². The van der Waals surface area contributed by atoms with Crippen molar-refractivity contribution < 1.29 is 22.3 Å². The van der Waals surface area contributed by atoms with E-state index >= 15 is 4.39 Å². The molecule has 0 atom stereocenters. The lowest BCUT2D eigenvalue weighted by Crippen LogP contribution is -2.37. The number of methoxy groups -OCH3 is 1. The standard InChI is InChI=1S/C31H33FN6O4S/c1-4-17-43(39,40)36-24-11-8-9-21(28(24)32)20-18-22-29(26(19-20)41-3)34-31(35-30(22)37-13-15-42-16-14-37)38-25-12-7-6-10-23(25)33-27(38)5-2/h6-12,18-19,36H,4-5,13-17H2,1-3H3. The summed E-state index contributed by atoms with van der Waals surface area (Å²) in [5.74, 6) is 1.62. The van der Waals surface area contributed by atoms with Crippen molar-refractivity contribution in [1.82, 2.24) is 19.5 Å². The number of hydrogen-bond donors (Lipinski definition) is 1. The van der Waals surface area contributed by atoms with E-state index in [4.69, 9.17) is 24.4 Å². The Morgan fingerprint density at radius 1 is 1.02 bits per heavy atom. The Morgan fingerprint density at radius 3 is 2.56 bits per heavy atom. The van der Waals surface area contributed by atoms with Crippen LogP contribution in [0.5, 0.6) is 5.75 Å². The van der Waals surface area contributed by atoms with Crippen molar-refractivity contribution in [1.29, 1.82) is 0 Å². The number of nitrogens with one attached hydrogen (secondary N) is 1. The predicted octanol–water partition coefficient (Wildman–Crippen LogP) is 5.33. The molecule has 0 spiro atoms. The number of halogens is 1. The molecule has 1 N–H and O–H groups in total. The zero-order chi connectivity index (χ0) is 30.1. The van der Waals surface area contributed by atoms with E-state index in [2.05, 4.69) is 9.62 Å². The fraction of sp³-hybridized carbons (Fsp3) is 0.323. The van der Waals surface area contributed by atoms with Gasteiger partial charge in [0, 0.05) is 30.5 Å². The molecule has 10 nitrogen and oxygen atoms in total. The smallest absolute Gasteiger partial charge is 0.238 e. The number of ether oxygens (including phenoxy) is 2. The van der Waals surface area contributed by atoms with Crippen molar-refractivity contribution >= 4 is 43.5 Å². The van der Waals surface area contributed by atoms with Crippen molar-refractivity contribution in [2.45, 2.75) is 26.7 Å². The fourth-order valence-electron chi connectivity index (χ4n) is 5.46.